The molecule has 1 saturated carbocycles. The molecule has 0 saturated heterocycles. The second-order valence-electron chi connectivity index (χ2n) is 5.09. The van der Waals surface area contributed by atoms with Gasteiger partial charge >= 0.3 is 0 Å². The summed E-state index contributed by atoms with van der Waals surface area (Å²) >= 11 is 3.35. The van der Waals surface area contributed by atoms with E-state index in [9.17, 15) is 0 Å². The molecule has 1 heterocycles. The summed E-state index contributed by atoms with van der Waals surface area (Å²) in [4.78, 5) is 2.38. The van der Waals surface area contributed by atoms with Crippen LogP contribution in [-0.2, 0) is 6.54 Å². The molecule has 0 spiro atoms. The van der Waals surface area contributed by atoms with Gasteiger partial charge in [-0.3, -0.25) is 0 Å². The van der Waals surface area contributed by atoms with Crippen molar-refractivity contribution in [3.05, 3.63) is 23.8 Å². The monoisotopic (exact) mass is 321 g/mol. The fraction of sp³-hybridized carbons (Fsp3) is 0.500. The van der Waals surface area contributed by atoms with E-state index in [-0.39, 0.29) is 0 Å². The van der Waals surface area contributed by atoms with Gasteiger partial charge in [-0.2, -0.15) is 0 Å². The van der Waals surface area contributed by atoms with Crippen LogP contribution < -0.4 is 5.73 Å². The van der Waals surface area contributed by atoms with Crippen molar-refractivity contribution in [2.75, 3.05) is 6.26 Å². The first-order valence-electron chi connectivity index (χ1n) is 7.15. The van der Waals surface area contributed by atoms with Crippen molar-refractivity contribution in [3.63, 3.8) is 0 Å². The summed E-state index contributed by atoms with van der Waals surface area (Å²) < 4.78 is 1.99. The zero-order valence-electron chi connectivity index (χ0n) is 12.0. The van der Waals surface area contributed by atoms with Crippen molar-refractivity contribution in [3.8, 4) is 0 Å². The molecular formula is C14H19N5S2. The third-order valence-electron chi connectivity index (χ3n) is 3.85. The third kappa shape index (κ3) is 3.09. The van der Waals surface area contributed by atoms with Crippen molar-refractivity contribution >= 4 is 23.5 Å². The first-order chi connectivity index (χ1) is 10.3. The van der Waals surface area contributed by atoms with Crippen LogP contribution in [0.1, 0.15) is 37.3 Å². The molecule has 1 aliphatic rings. The summed E-state index contributed by atoms with van der Waals surface area (Å²) in [5.41, 5.74) is 7.11. The highest BCUT2D eigenvalue weighted by atomic mass is 32.2. The SMILES string of the molecule is CSc1cccc(Sc2nnnn2C2CCCC2)c1CN. The molecule has 2 N–H and O–H groups in total. The molecule has 1 fully saturated rings. The molecule has 2 aromatic rings. The quantitative estimate of drug-likeness (QED) is 0.853. The number of hydrogen-bond donors (Lipinski definition) is 1. The van der Waals surface area contributed by atoms with Gasteiger partial charge in [-0.1, -0.05) is 18.9 Å². The molecular weight excluding hydrogens is 302 g/mol. The number of benzene rings is 1. The molecule has 0 aliphatic heterocycles. The summed E-state index contributed by atoms with van der Waals surface area (Å²) in [6.07, 6.45) is 6.96. The van der Waals surface area contributed by atoms with Crippen molar-refractivity contribution < 1.29 is 0 Å². The predicted molar refractivity (Wildman–Crippen MR) is 85.6 cm³/mol. The minimum absolute atomic E-state index is 0.451. The topological polar surface area (TPSA) is 69.6 Å². The average molecular weight is 321 g/mol. The Morgan fingerprint density at radius 3 is 2.76 bits per heavy atom. The number of nitrogens with zero attached hydrogens (tertiary/aromatic N) is 4. The normalized spacial score (nSPS) is 15.7. The van der Waals surface area contributed by atoms with E-state index in [4.69, 9.17) is 5.73 Å². The molecule has 21 heavy (non-hydrogen) atoms. The van der Waals surface area contributed by atoms with E-state index < -0.39 is 0 Å². The third-order valence-corrected chi connectivity index (χ3v) is 5.72. The first-order valence-corrected chi connectivity index (χ1v) is 9.19. The number of rotatable bonds is 5. The van der Waals surface area contributed by atoms with Gasteiger partial charge < -0.3 is 5.73 Å². The lowest BCUT2D eigenvalue weighted by Crippen LogP contribution is -2.08. The van der Waals surface area contributed by atoms with E-state index >= 15 is 0 Å². The molecule has 1 aromatic heterocycles. The number of thioether (sulfide) groups is 1. The van der Waals surface area contributed by atoms with Crippen LogP contribution in [-0.4, -0.2) is 26.5 Å². The summed E-state index contributed by atoms with van der Waals surface area (Å²) in [5, 5.41) is 13.1. The number of aromatic nitrogens is 4. The van der Waals surface area contributed by atoms with Gasteiger partial charge in [-0.05, 0) is 59.0 Å². The first kappa shape index (κ1) is 14.9. The van der Waals surface area contributed by atoms with E-state index in [1.165, 1.54) is 36.1 Å². The van der Waals surface area contributed by atoms with Gasteiger partial charge in [-0.25, -0.2) is 4.68 Å². The molecule has 0 amide bonds. The minimum Gasteiger partial charge on any atom is -0.326 e. The van der Waals surface area contributed by atoms with Crippen LogP contribution in [0, 0.1) is 0 Å². The largest absolute Gasteiger partial charge is 0.326 e. The van der Waals surface area contributed by atoms with Crippen molar-refractivity contribution in [1.29, 1.82) is 0 Å². The molecule has 112 valence electrons. The van der Waals surface area contributed by atoms with E-state index in [2.05, 4.69) is 40.0 Å². The lowest BCUT2D eigenvalue weighted by molar-refractivity contribution is 0.423. The maximum Gasteiger partial charge on any atom is 0.214 e. The average Bonchev–Trinajstić information content (AvgIpc) is 3.17. The molecule has 0 radical (unpaired) electrons. The Hall–Kier alpha value is -1.05. The maximum atomic E-state index is 5.93. The Morgan fingerprint density at radius 2 is 2.05 bits per heavy atom. The van der Waals surface area contributed by atoms with Crippen LogP contribution in [0.2, 0.25) is 0 Å². The van der Waals surface area contributed by atoms with Crippen LogP contribution in [0.25, 0.3) is 0 Å². The molecule has 0 atom stereocenters. The second kappa shape index (κ2) is 6.81. The van der Waals surface area contributed by atoms with Crippen LogP contribution >= 0.6 is 23.5 Å². The van der Waals surface area contributed by atoms with Crippen LogP contribution in [0.4, 0.5) is 0 Å². The van der Waals surface area contributed by atoms with Crippen molar-refractivity contribution in [2.45, 2.75) is 53.2 Å². The highest BCUT2D eigenvalue weighted by molar-refractivity contribution is 7.99. The number of hydrogen-bond acceptors (Lipinski definition) is 6. The summed E-state index contributed by atoms with van der Waals surface area (Å²) in [6.45, 7) is 0.532. The zero-order valence-corrected chi connectivity index (χ0v) is 13.7. The van der Waals surface area contributed by atoms with Gasteiger partial charge in [0.15, 0.2) is 0 Å². The molecule has 5 nitrogen and oxygen atoms in total. The van der Waals surface area contributed by atoms with E-state index in [0.717, 1.165) is 10.1 Å². The van der Waals surface area contributed by atoms with Gasteiger partial charge in [0.25, 0.3) is 0 Å². The second-order valence-corrected chi connectivity index (χ2v) is 6.94. The Kier molecular flexibility index (Phi) is 4.82. The maximum absolute atomic E-state index is 5.93. The van der Waals surface area contributed by atoms with Crippen LogP contribution in [0.3, 0.4) is 0 Å². The fourth-order valence-electron chi connectivity index (χ4n) is 2.76. The van der Waals surface area contributed by atoms with Crippen LogP contribution in [0.15, 0.2) is 33.1 Å². The molecule has 0 bridgehead atoms. The molecule has 7 heteroatoms. The predicted octanol–water partition coefficient (Wildman–Crippen LogP) is 3.12. The van der Waals surface area contributed by atoms with Gasteiger partial charge in [0.1, 0.15) is 0 Å². The molecule has 1 aliphatic carbocycles. The van der Waals surface area contributed by atoms with Gasteiger partial charge in [-0.15, -0.1) is 16.9 Å². The fourth-order valence-corrected chi connectivity index (χ4v) is 4.50. The number of nitrogens with two attached hydrogens (primary N) is 1. The van der Waals surface area contributed by atoms with E-state index in [0.29, 0.717) is 12.6 Å². The zero-order chi connectivity index (χ0) is 14.7. The van der Waals surface area contributed by atoms with Crippen molar-refractivity contribution in [2.24, 2.45) is 5.73 Å². The van der Waals surface area contributed by atoms with Crippen molar-refractivity contribution in [1.82, 2.24) is 20.2 Å². The standard InChI is InChI=1S/C14H19N5S2/c1-20-12-7-4-8-13(11(12)9-15)21-14-16-17-18-19(14)10-5-2-3-6-10/h4,7-8,10H,2-3,5-6,9,15H2,1H3. The van der Waals surface area contributed by atoms with Crippen LogP contribution in [0.5, 0.6) is 0 Å². The Morgan fingerprint density at radius 1 is 1.29 bits per heavy atom. The summed E-state index contributed by atoms with van der Waals surface area (Å²) in [6, 6.07) is 6.72. The Balaban J connectivity index is 1.89. The minimum atomic E-state index is 0.451. The van der Waals surface area contributed by atoms with Gasteiger partial charge in [0.2, 0.25) is 5.16 Å². The molecule has 0 unspecified atom stereocenters. The Bertz CT molecular complexity index is 607. The highest BCUT2D eigenvalue weighted by Gasteiger charge is 2.22. The lowest BCUT2D eigenvalue weighted by Gasteiger charge is -2.13. The molecule has 3 rings (SSSR count). The van der Waals surface area contributed by atoms with Gasteiger partial charge in [0.05, 0.1) is 6.04 Å². The summed E-state index contributed by atoms with van der Waals surface area (Å²) in [5.74, 6) is 0. The highest BCUT2D eigenvalue weighted by Crippen LogP contribution is 2.36. The lowest BCUT2D eigenvalue weighted by atomic mass is 10.2. The summed E-state index contributed by atoms with van der Waals surface area (Å²) in [7, 11) is 0. The van der Waals surface area contributed by atoms with E-state index in [1.54, 1.807) is 23.5 Å². The van der Waals surface area contributed by atoms with E-state index in [1.807, 2.05) is 4.68 Å². The molecule has 1 aromatic carbocycles. The smallest absolute Gasteiger partial charge is 0.214 e. The Labute approximate surface area is 133 Å². The number of tetrazole rings is 1. The van der Waals surface area contributed by atoms with Gasteiger partial charge in [0, 0.05) is 16.3 Å².